The molecule has 0 spiro atoms. The second-order valence-electron chi connectivity index (χ2n) is 7.53. The number of aliphatic hydroxyl groups is 1. The van der Waals surface area contributed by atoms with Crippen molar-refractivity contribution in [2.24, 2.45) is 0 Å². The van der Waals surface area contributed by atoms with E-state index in [0.29, 0.717) is 0 Å². The number of piperidine rings is 1. The predicted molar refractivity (Wildman–Crippen MR) is 99.9 cm³/mol. The van der Waals surface area contributed by atoms with E-state index in [1.165, 1.54) is 27.7 Å². The van der Waals surface area contributed by atoms with E-state index in [1.54, 1.807) is 0 Å². The highest BCUT2D eigenvalue weighted by atomic mass is 16.5. The maximum Gasteiger partial charge on any atom is 0.0822 e. The lowest BCUT2D eigenvalue weighted by Crippen LogP contribution is -2.56. The number of fused-ring (bicyclic) bond motifs is 1. The number of aromatic nitrogens is 1. The number of aromatic amines is 1. The Kier molecular flexibility index (Phi) is 4.82. The lowest BCUT2D eigenvalue weighted by molar-refractivity contribution is -0.0535. The van der Waals surface area contributed by atoms with Crippen molar-refractivity contribution in [1.29, 1.82) is 0 Å². The predicted octanol–water partition coefficient (Wildman–Crippen LogP) is 2.05. The van der Waals surface area contributed by atoms with Crippen LogP contribution >= 0.6 is 0 Å². The van der Waals surface area contributed by atoms with Gasteiger partial charge in [0, 0.05) is 55.4 Å². The highest BCUT2D eigenvalue weighted by Crippen LogP contribution is 2.26. The Morgan fingerprint density at radius 3 is 2.72 bits per heavy atom. The fourth-order valence-electron chi connectivity index (χ4n) is 4.40. The van der Waals surface area contributed by atoms with E-state index in [-0.39, 0.29) is 12.1 Å². The van der Waals surface area contributed by atoms with Crippen molar-refractivity contribution in [3.05, 3.63) is 35.0 Å². The molecule has 1 aromatic carbocycles. The highest BCUT2D eigenvalue weighted by molar-refractivity contribution is 5.86. The third kappa shape index (κ3) is 3.34. The van der Waals surface area contributed by atoms with Crippen LogP contribution < -0.4 is 0 Å². The molecular weight excluding hydrogens is 314 g/mol. The van der Waals surface area contributed by atoms with E-state index < -0.39 is 0 Å². The number of rotatable bonds is 3. The van der Waals surface area contributed by atoms with Gasteiger partial charge in [-0.2, -0.15) is 0 Å². The van der Waals surface area contributed by atoms with Crippen LogP contribution in [-0.4, -0.2) is 71.4 Å². The van der Waals surface area contributed by atoms with Crippen molar-refractivity contribution >= 4 is 10.9 Å². The summed E-state index contributed by atoms with van der Waals surface area (Å²) in [5, 5.41) is 12.0. The first-order valence-corrected chi connectivity index (χ1v) is 9.42. The normalized spacial score (nSPS) is 26.4. The summed E-state index contributed by atoms with van der Waals surface area (Å²) in [6.07, 6.45) is 0.748. The zero-order valence-corrected chi connectivity index (χ0v) is 15.3. The average Bonchev–Trinajstić information content (AvgIpc) is 2.94. The topological polar surface area (TPSA) is 51.7 Å². The Balaban J connectivity index is 1.44. The summed E-state index contributed by atoms with van der Waals surface area (Å²) in [6, 6.07) is 6.75. The van der Waals surface area contributed by atoms with Crippen molar-refractivity contribution in [1.82, 2.24) is 14.8 Å². The van der Waals surface area contributed by atoms with Gasteiger partial charge in [0.05, 0.1) is 19.3 Å². The first-order valence-electron chi connectivity index (χ1n) is 9.42. The summed E-state index contributed by atoms with van der Waals surface area (Å²) in [4.78, 5) is 8.41. The number of nitrogens with zero attached hydrogens (tertiary/aromatic N) is 2. The Morgan fingerprint density at radius 1 is 1.20 bits per heavy atom. The number of morpholine rings is 1. The minimum atomic E-state index is -0.279. The van der Waals surface area contributed by atoms with E-state index in [1.807, 2.05) is 0 Å². The Morgan fingerprint density at radius 2 is 2.00 bits per heavy atom. The fraction of sp³-hybridized carbons (Fsp3) is 0.600. The van der Waals surface area contributed by atoms with E-state index >= 15 is 0 Å². The smallest absolute Gasteiger partial charge is 0.0822 e. The lowest BCUT2D eigenvalue weighted by atomic mass is 9.99. The third-order valence-electron chi connectivity index (χ3n) is 5.93. The summed E-state index contributed by atoms with van der Waals surface area (Å²) < 4.78 is 5.44. The van der Waals surface area contributed by atoms with Crippen LogP contribution in [0.4, 0.5) is 0 Å². The average molecular weight is 343 g/mol. The lowest BCUT2D eigenvalue weighted by Gasteiger charge is -2.43. The van der Waals surface area contributed by atoms with E-state index in [9.17, 15) is 5.11 Å². The number of aryl methyl sites for hydroxylation is 2. The Bertz CT molecular complexity index is 736. The van der Waals surface area contributed by atoms with Gasteiger partial charge in [-0.25, -0.2) is 0 Å². The van der Waals surface area contributed by atoms with Gasteiger partial charge in [0.15, 0.2) is 0 Å². The molecule has 2 atom stereocenters. The monoisotopic (exact) mass is 343 g/mol. The maximum absolute atomic E-state index is 10.7. The largest absolute Gasteiger partial charge is 0.390 e. The van der Waals surface area contributed by atoms with Gasteiger partial charge in [-0.3, -0.25) is 9.80 Å². The number of ether oxygens (including phenoxy) is 1. The van der Waals surface area contributed by atoms with Gasteiger partial charge in [0.1, 0.15) is 0 Å². The summed E-state index contributed by atoms with van der Waals surface area (Å²) in [5.74, 6) is 0. The molecule has 1 aromatic heterocycles. The van der Waals surface area contributed by atoms with Gasteiger partial charge >= 0.3 is 0 Å². The number of benzene rings is 1. The van der Waals surface area contributed by atoms with Crippen LogP contribution in [0.5, 0.6) is 0 Å². The zero-order chi connectivity index (χ0) is 17.4. The number of H-pyrrole nitrogens is 1. The van der Waals surface area contributed by atoms with Crippen molar-refractivity contribution < 1.29 is 9.84 Å². The van der Waals surface area contributed by atoms with Gasteiger partial charge in [-0.1, -0.05) is 18.2 Å². The Labute approximate surface area is 149 Å². The van der Waals surface area contributed by atoms with Crippen molar-refractivity contribution in [3.63, 3.8) is 0 Å². The molecule has 0 amide bonds. The maximum atomic E-state index is 10.7. The van der Waals surface area contributed by atoms with E-state index in [4.69, 9.17) is 4.74 Å². The number of hydrogen-bond acceptors (Lipinski definition) is 4. The van der Waals surface area contributed by atoms with Crippen LogP contribution in [-0.2, 0) is 11.3 Å². The molecule has 2 aliphatic rings. The van der Waals surface area contributed by atoms with Crippen LogP contribution in [0.3, 0.4) is 0 Å². The van der Waals surface area contributed by atoms with Crippen molar-refractivity contribution in [3.8, 4) is 0 Å². The van der Waals surface area contributed by atoms with Crippen LogP contribution in [0.15, 0.2) is 18.2 Å². The SMILES string of the molecule is Cc1c(CN2CC[C@@H](N3CCOCC3)[C@H](O)C2)[nH]c2c(C)cccc12. The number of para-hydroxylation sites is 1. The Hall–Kier alpha value is -1.40. The number of β-amino-alcohol motifs (C(OH)–C–C–N with tert-alkyl or cyclic N) is 1. The molecule has 0 unspecified atom stereocenters. The van der Waals surface area contributed by atoms with Crippen LogP contribution in [0.2, 0.25) is 0 Å². The highest BCUT2D eigenvalue weighted by Gasteiger charge is 2.33. The summed E-state index contributed by atoms with van der Waals surface area (Å²) in [7, 11) is 0. The fourth-order valence-corrected chi connectivity index (χ4v) is 4.40. The van der Waals surface area contributed by atoms with Crippen molar-refractivity contribution in [2.45, 2.75) is 39.0 Å². The summed E-state index contributed by atoms with van der Waals surface area (Å²) >= 11 is 0. The van der Waals surface area contributed by atoms with Gasteiger partial charge in [-0.15, -0.1) is 0 Å². The first kappa shape index (κ1) is 17.0. The van der Waals surface area contributed by atoms with Gasteiger partial charge in [-0.05, 0) is 31.4 Å². The van der Waals surface area contributed by atoms with Gasteiger partial charge < -0.3 is 14.8 Å². The quantitative estimate of drug-likeness (QED) is 0.896. The molecule has 2 aromatic rings. The summed E-state index contributed by atoms with van der Waals surface area (Å²) in [6.45, 7) is 10.5. The standard InChI is InChI=1S/C20H29N3O2/c1-14-4-3-5-16-15(2)17(21-20(14)16)12-22-7-6-18(19(24)13-22)23-8-10-25-11-9-23/h3-5,18-19,21,24H,6-13H2,1-2H3/t18-,19-/m1/s1. The molecule has 2 N–H and O–H groups in total. The molecule has 5 heteroatoms. The van der Waals surface area contributed by atoms with Gasteiger partial charge in [0.2, 0.25) is 0 Å². The zero-order valence-electron chi connectivity index (χ0n) is 15.3. The summed E-state index contributed by atoms with van der Waals surface area (Å²) in [5.41, 5.74) is 5.15. The van der Waals surface area contributed by atoms with E-state index in [2.05, 4.69) is 46.8 Å². The molecule has 0 saturated carbocycles. The van der Waals surface area contributed by atoms with E-state index in [0.717, 1.165) is 52.4 Å². The first-order chi connectivity index (χ1) is 12.1. The van der Waals surface area contributed by atoms with Crippen LogP contribution in [0, 0.1) is 13.8 Å². The molecule has 2 saturated heterocycles. The second-order valence-corrected chi connectivity index (χ2v) is 7.53. The third-order valence-corrected chi connectivity index (χ3v) is 5.93. The molecule has 4 rings (SSSR count). The van der Waals surface area contributed by atoms with Crippen LogP contribution in [0.25, 0.3) is 10.9 Å². The second kappa shape index (κ2) is 7.08. The molecule has 136 valence electrons. The minimum Gasteiger partial charge on any atom is -0.390 e. The molecule has 0 bridgehead atoms. The molecule has 3 heterocycles. The number of likely N-dealkylation sites (tertiary alicyclic amines) is 1. The minimum absolute atomic E-state index is 0.279. The van der Waals surface area contributed by atoms with Crippen molar-refractivity contribution in [2.75, 3.05) is 39.4 Å². The number of hydrogen-bond donors (Lipinski definition) is 2. The van der Waals surface area contributed by atoms with Gasteiger partial charge in [0.25, 0.3) is 0 Å². The number of nitrogens with one attached hydrogen (secondary N) is 1. The molecule has 0 aliphatic carbocycles. The molecule has 5 nitrogen and oxygen atoms in total. The molecule has 0 radical (unpaired) electrons. The molecule has 25 heavy (non-hydrogen) atoms. The van der Waals surface area contributed by atoms with Crippen LogP contribution in [0.1, 0.15) is 23.2 Å². The number of aliphatic hydroxyl groups excluding tert-OH is 1. The molecule has 2 aliphatic heterocycles. The molecule has 2 fully saturated rings. The molecular formula is C20H29N3O2.